The van der Waals surface area contributed by atoms with Crippen LogP contribution in [0.3, 0.4) is 0 Å². The minimum Gasteiger partial charge on any atom is -0.157 e. The minimum atomic E-state index is 0.689. The number of nitrogens with zero attached hydrogens (tertiary/aromatic N) is 2. The van der Waals surface area contributed by atoms with Crippen LogP contribution >= 0.6 is 27.5 Å². The first-order valence-electron chi connectivity index (χ1n) is 3.34. The van der Waals surface area contributed by atoms with Gasteiger partial charge in [0.15, 0.2) is 0 Å². The second-order valence-corrected chi connectivity index (χ2v) is 3.59. The molecule has 2 nitrogen and oxygen atoms in total. The summed E-state index contributed by atoms with van der Waals surface area (Å²) >= 11 is 9.33. The number of benzene rings is 1. The Bertz CT molecular complexity index is 394. The largest absolute Gasteiger partial charge is 0.157 e. The molecular weight excluding hydrogens is 239 g/mol. The van der Waals surface area contributed by atoms with Crippen LogP contribution in [0.5, 0.6) is 0 Å². The number of hydrogen-bond donors (Lipinski definition) is 0. The van der Waals surface area contributed by atoms with Crippen molar-refractivity contribution in [2.45, 2.75) is 0 Å². The predicted octanol–water partition coefficient (Wildman–Crippen LogP) is 3.05. The van der Waals surface area contributed by atoms with Crippen LogP contribution in [0.4, 0.5) is 0 Å². The summed E-state index contributed by atoms with van der Waals surface area (Å²) in [6.07, 6.45) is 1.63. The van der Waals surface area contributed by atoms with Gasteiger partial charge in [0.2, 0.25) is 0 Å². The van der Waals surface area contributed by atoms with E-state index in [-0.39, 0.29) is 0 Å². The third kappa shape index (κ3) is 1.19. The lowest BCUT2D eigenvalue weighted by molar-refractivity contribution is 1.07. The lowest BCUT2D eigenvalue weighted by atomic mass is 10.2. The molecule has 0 aliphatic heterocycles. The highest BCUT2D eigenvalue weighted by atomic mass is 79.9. The highest BCUT2D eigenvalue weighted by molar-refractivity contribution is 9.10. The van der Waals surface area contributed by atoms with Crippen molar-refractivity contribution in [2.75, 3.05) is 0 Å². The first-order chi connectivity index (χ1) is 5.79. The second-order valence-electron chi connectivity index (χ2n) is 2.33. The van der Waals surface area contributed by atoms with E-state index in [2.05, 4.69) is 26.1 Å². The van der Waals surface area contributed by atoms with Crippen LogP contribution in [-0.4, -0.2) is 10.2 Å². The molecule has 0 bridgehead atoms. The maximum atomic E-state index is 5.96. The molecule has 0 amide bonds. The predicted molar refractivity (Wildman–Crippen MR) is 52.2 cm³/mol. The Morgan fingerprint density at radius 2 is 2.17 bits per heavy atom. The van der Waals surface area contributed by atoms with E-state index in [4.69, 9.17) is 11.6 Å². The average Bonchev–Trinajstić information content (AvgIpc) is 2.04. The topological polar surface area (TPSA) is 25.8 Å². The van der Waals surface area contributed by atoms with Gasteiger partial charge < -0.3 is 0 Å². The average molecular weight is 243 g/mol. The maximum absolute atomic E-state index is 5.96. The van der Waals surface area contributed by atoms with Gasteiger partial charge >= 0.3 is 0 Å². The van der Waals surface area contributed by atoms with Gasteiger partial charge in [-0.2, -0.15) is 10.2 Å². The zero-order valence-corrected chi connectivity index (χ0v) is 8.30. The third-order valence-electron chi connectivity index (χ3n) is 1.57. The molecule has 0 atom stereocenters. The summed E-state index contributed by atoms with van der Waals surface area (Å²) in [7, 11) is 0. The molecule has 1 heterocycles. The quantitative estimate of drug-likeness (QED) is 0.711. The standard InChI is InChI=1S/C8H4BrClN2/c9-5-4-11-12-7-3-1-2-6(10)8(5)7/h1-4H. The van der Waals surface area contributed by atoms with Crippen LogP contribution < -0.4 is 0 Å². The van der Waals surface area contributed by atoms with E-state index >= 15 is 0 Å². The molecule has 60 valence electrons. The summed E-state index contributed by atoms with van der Waals surface area (Å²) in [5.74, 6) is 0. The Kier molecular flexibility index (Phi) is 1.98. The number of hydrogen-bond acceptors (Lipinski definition) is 2. The molecule has 0 fully saturated rings. The smallest absolute Gasteiger partial charge is 0.0956 e. The van der Waals surface area contributed by atoms with Gasteiger partial charge in [-0.05, 0) is 28.1 Å². The minimum absolute atomic E-state index is 0.689. The number of fused-ring (bicyclic) bond motifs is 1. The summed E-state index contributed by atoms with van der Waals surface area (Å²) < 4.78 is 0.873. The Morgan fingerprint density at radius 3 is 2.92 bits per heavy atom. The fraction of sp³-hybridized carbons (Fsp3) is 0. The summed E-state index contributed by atoms with van der Waals surface area (Å²) in [6, 6.07) is 5.56. The van der Waals surface area contributed by atoms with E-state index in [1.54, 1.807) is 6.20 Å². The Labute approximate surface area is 82.7 Å². The van der Waals surface area contributed by atoms with Crippen molar-refractivity contribution in [2.24, 2.45) is 0 Å². The lowest BCUT2D eigenvalue weighted by Crippen LogP contribution is -1.84. The Balaban J connectivity index is 2.96. The van der Waals surface area contributed by atoms with E-state index in [9.17, 15) is 0 Å². The van der Waals surface area contributed by atoms with Crippen molar-refractivity contribution in [3.8, 4) is 0 Å². The molecule has 1 aromatic carbocycles. The van der Waals surface area contributed by atoms with Gasteiger partial charge in [0, 0.05) is 9.86 Å². The van der Waals surface area contributed by atoms with Crippen molar-refractivity contribution >= 4 is 38.4 Å². The lowest BCUT2D eigenvalue weighted by Gasteiger charge is -1.99. The second kappa shape index (κ2) is 2.99. The molecule has 0 aliphatic rings. The van der Waals surface area contributed by atoms with Crippen LogP contribution in [0, 0.1) is 0 Å². The van der Waals surface area contributed by atoms with Crippen LogP contribution in [0.2, 0.25) is 5.02 Å². The number of halogens is 2. The van der Waals surface area contributed by atoms with Crippen molar-refractivity contribution in [1.82, 2.24) is 10.2 Å². The highest BCUT2D eigenvalue weighted by Gasteiger charge is 2.02. The SMILES string of the molecule is Clc1cccc2nncc(Br)c12. The van der Waals surface area contributed by atoms with Gasteiger partial charge in [0.25, 0.3) is 0 Å². The molecular formula is C8H4BrClN2. The first kappa shape index (κ1) is 7.95. The fourth-order valence-corrected chi connectivity index (χ4v) is 1.93. The van der Waals surface area contributed by atoms with Crippen LogP contribution in [0.15, 0.2) is 28.9 Å². The molecule has 0 saturated carbocycles. The van der Waals surface area contributed by atoms with Crippen molar-refractivity contribution < 1.29 is 0 Å². The molecule has 0 unspecified atom stereocenters. The third-order valence-corrected chi connectivity index (χ3v) is 2.48. The van der Waals surface area contributed by atoms with E-state index < -0.39 is 0 Å². The molecule has 0 N–H and O–H groups in total. The molecule has 1 aromatic heterocycles. The number of aromatic nitrogens is 2. The van der Waals surface area contributed by atoms with Gasteiger partial charge in [-0.3, -0.25) is 0 Å². The number of rotatable bonds is 0. The van der Waals surface area contributed by atoms with Crippen molar-refractivity contribution in [3.05, 3.63) is 33.9 Å². The van der Waals surface area contributed by atoms with Gasteiger partial charge in [0.1, 0.15) is 0 Å². The molecule has 2 rings (SSSR count). The summed E-state index contributed by atoms with van der Waals surface area (Å²) in [5.41, 5.74) is 0.803. The van der Waals surface area contributed by atoms with E-state index in [1.165, 1.54) is 0 Å². The van der Waals surface area contributed by atoms with E-state index in [1.807, 2.05) is 18.2 Å². The molecule has 0 spiro atoms. The Morgan fingerprint density at radius 1 is 1.33 bits per heavy atom. The summed E-state index contributed by atoms with van der Waals surface area (Å²) in [6.45, 7) is 0. The summed E-state index contributed by atoms with van der Waals surface area (Å²) in [5, 5.41) is 9.34. The normalized spacial score (nSPS) is 10.5. The maximum Gasteiger partial charge on any atom is 0.0956 e. The van der Waals surface area contributed by atoms with Gasteiger partial charge in [-0.25, -0.2) is 0 Å². The Hall–Kier alpha value is -0.670. The van der Waals surface area contributed by atoms with Crippen LogP contribution in [0.1, 0.15) is 0 Å². The highest BCUT2D eigenvalue weighted by Crippen LogP contribution is 2.27. The zero-order chi connectivity index (χ0) is 8.55. The molecule has 0 radical (unpaired) electrons. The van der Waals surface area contributed by atoms with Gasteiger partial charge in [0.05, 0.1) is 16.7 Å². The fourth-order valence-electron chi connectivity index (χ4n) is 1.04. The monoisotopic (exact) mass is 242 g/mol. The van der Waals surface area contributed by atoms with E-state index in [0.717, 1.165) is 15.4 Å². The molecule has 4 heteroatoms. The first-order valence-corrected chi connectivity index (χ1v) is 4.51. The molecule has 12 heavy (non-hydrogen) atoms. The van der Waals surface area contributed by atoms with Gasteiger partial charge in [-0.15, -0.1) is 0 Å². The van der Waals surface area contributed by atoms with Gasteiger partial charge in [-0.1, -0.05) is 17.7 Å². The van der Waals surface area contributed by atoms with E-state index in [0.29, 0.717) is 5.02 Å². The molecule has 0 saturated heterocycles. The van der Waals surface area contributed by atoms with Crippen LogP contribution in [-0.2, 0) is 0 Å². The van der Waals surface area contributed by atoms with Crippen LogP contribution in [0.25, 0.3) is 10.9 Å². The molecule has 2 aromatic rings. The van der Waals surface area contributed by atoms with Crippen molar-refractivity contribution in [3.63, 3.8) is 0 Å². The molecule has 0 aliphatic carbocycles. The zero-order valence-electron chi connectivity index (χ0n) is 5.96. The summed E-state index contributed by atoms with van der Waals surface area (Å²) in [4.78, 5) is 0. The van der Waals surface area contributed by atoms with Crippen molar-refractivity contribution in [1.29, 1.82) is 0 Å².